The minimum atomic E-state index is -2.94. The number of rotatable bonds is 11. The Morgan fingerprint density at radius 3 is 2.56 bits per heavy atom. The number of unbranched alkanes of at least 4 members (excludes halogenated alkanes) is 2. The third kappa shape index (κ3) is 4.60. The summed E-state index contributed by atoms with van der Waals surface area (Å²) in [5, 5.41) is 0. The molecule has 5 fully saturated rings. The molecule has 2 bridgehead atoms. The lowest BCUT2D eigenvalue weighted by Gasteiger charge is -2.75. The maximum Gasteiger partial charge on any atom is 0.387 e. The van der Waals surface area contributed by atoms with E-state index in [0.717, 1.165) is 37.3 Å². The van der Waals surface area contributed by atoms with Gasteiger partial charge in [-0.3, -0.25) is 4.90 Å². The number of pyridine rings is 1. The van der Waals surface area contributed by atoms with Crippen LogP contribution in [0.3, 0.4) is 0 Å². The van der Waals surface area contributed by atoms with Crippen molar-refractivity contribution >= 4 is 5.82 Å². The number of hydrogen-bond acceptors (Lipinski definition) is 6. The van der Waals surface area contributed by atoms with Crippen molar-refractivity contribution in [2.75, 3.05) is 39.0 Å². The number of nitrogens with two attached hydrogens (primary N) is 1. The number of alkyl halides is 2. The fourth-order valence-electron chi connectivity index (χ4n) is 6.98. The molecule has 0 unspecified atom stereocenters. The number of piperazine rings is 1. The summed E-state index contributed by atoms with van der Waals surface area (Å²) in [5.74, 6) is 1.46. The molecule has 0 spiro atoms. The molecule has 2 N–H and O–H groups in total. The number of nitrogens with zero attached hydrogens (tertiary/aromatic N) is 5. The highest BCUT2D eigenvalue weighted by Gasteiger charge is 2.69. The van der Waals surface area contributed by atoms with Crippen LogP contribution in [0.15, 0.2) is 18.5 Å². The SMILES string of the molecule is CN1CCN(C23CC(CCCCCn4cc(-c5cnc(N)c(OC(F)F)c5)nc4C4CC4)(C2)C3)CC1. The summed E-state index contributed by atoms with van der Waals surface area (Å²) >= 11 is 0. The predicted molar refractivity (Wildman–Crippen MR) is 135 cm³/mol. The van der Waals surface area contributed by atoms with E-state index in [1.165, 1.54) is 70.8 Å². The molecule has 7 rings (SSSR count). The van der Waals surface area contributed by atoms with Gasteiger partial charge in [-0.15, -0.1) is 0 Å². The van der Waals surface area contributed by atoms with Crippen LogP contribution in [0.2, 0.25) is 0 Å². The molecular weight excluding hydrogens is 462 g/mol. The van der Waals surface area contributed by atoms with Crippen LogP contribution in [0.5, 0.6) is 5.75 Å². The maximum atomic E-state index is 12.7. The average Bonchev–Trinajstić information content (AvgIpc) is 3.56. The second kappa shape index (κ2) is 9.24. The first kappa shape index (κ1) is 24.1. The summed E-state index contributed by atoms with van der Waals surface area (Å²) in [7, 11) is 2.23. The molecule has 4 saturated carbocycles. The summed E-state index contributed by atoms with van der Waals surface area (Å²) in [6.07, 6.45) is 15.2. The first-order valence-electron chi connectivity index (χ1n) is 13.6. The Hall–Kier alpha value is -2.26. The van der Waals surface area contributed by atoms with Gasteiger partial charge in [0.1, 0.15) is 5.82 Å². The van der Waals surface area contributed by atoms with Gasteiger partial charge in [0.05, 0.1) is 5.69 Å². The molecule has 0 aromatic carbocycles. The first-order chi connectivity index (χ1) is 17.3. The lowest BCUT2D eigenvalue weighted by Crippen LogP contribution is -2.76. The molecular formula is C27H38F2N6O. The van der Waals surface area contributed by atoms with Crippen molar-refractivity contribution in [3.63, 3.8) is 0 Å². The largest absolute Gasteiger partial charge is 0.431 e. The van der Waals surface area contributed by atoms with Gasteiger partial charge in [-0.05, 0) is 63.5 Å². The van der Waals surface area contributed by atoms with E-state index in [1.807, 2.05) is 6.20 Å². The molecule has 1 aliphatic heterocycles. The Kier molecular flexibility index (Phi) is 6.19. The monoisotopic (exact) mass is 500 g/mol. The van der Waals surface area contributed by atoms with Crippen molar-refractivity contribution in [2.24, 2.45) is 5.41 Å². The van der Waals surface area contributed by atoms with Crippen molar-refractivity contribution in [3.8, 4) is 17.0 Å². The van der Waals surface area contributed by atoms with Crippen LogP contribution in [0.4, 0.5) is 14.6 Å². The van der Waals surface area contributed by atoms with Crippen molar-refractivity contribution < 1.29 is 13.5 Å². The zero-order valence-electron chi connectivity index (χ0n) is 21.3. The molecule has 5 aliphatic rings. The standard InChI is InChI=1S/C27H38F2N6O/c1-33-9-11-35(12-10-33)27-16-26(17-27,18-27)7-3-2-4-8-34-15-21(32-24(34)19-5-6-19)20-13-22(36-25(28)29)23(30)31-14-20/h13-15,19,25H,2-12,16-18H2,1H3,(H2,30,31). The minimum absolute atomic E-state index is 0.0425. The second-order valence-corrected chi connectivity index (χ2v) is 11.8. The maximum absolute atomic E-state index is 12.7. The Morgan fingerprint density at radius 1 is 1.11 bits per heavy atom. The van der Waals surface area contributed by atoms with Gasteiger partial charge >= 0.3 is 6.61 Å². The zero-order valence-corrected chi connectivity index (χ0v) is 21.3. The lowest BCUT2D eigenvalue weighted by molar-refractivity contribution is -0.229. The summed E-state index contributed by atoms with van der Waals surface area (Å²) in [6, 6.07) is 1.51. The Morgan fingerprint density at radius 2 is 1.86 bits per heavy atom. The van der Waals surface area contributed by atoms with E-state index in [1.54, 1.807) is 6.20 Å². The third-order valence-electron chi connectivity index (χ3n) is 9.04. The lowest BCUT2D eigenvalue weighted by atomic mass is 9.37. The van der Waals surface area contributed by atoms with E-state index < -0.39 is 6.61 Å². The number of nitrogen functional groups attached to an aromatic ring is 1. The molecule has 2 aromatic rings. The van der Waals surface area contributed by atoms with Crippen molar-refractivity contribution in [1.82, 2.24) is 24.3 Å². The van der Waals surface area contributed by atoms with E-state index in [4.69, 9.17) is 10.7 Å². The first-order valence-corrected chi connectivity index (χ1v) is 13.6. The molecule has 2 aromatic heterocycles. The van der Waals surface area contributed by atoms with E-state index in [0.29, 0.717) is 22.4 Å². The highest BCUT2D eigenvalue weighted by Crippen LogP contribution is 2.71. The summed E-state index contributed by atoms with van der Waals surface area (Å²) in [6.45, 7) is 2.93. The average molecular weight is 501 g/mol. The van der Waals surface area contributed by atoms with Crippen LogP contribution in [0.25, 0.3) is 11.3 Å². The molecule has 36 heavy (non-hydrogen) atoms. The van der Waals surface area contributed by atoms with Gasteiger partial charge in [-0.1, -0.05) is 12.8 Å². The van der Waals surface area contributed by atoms with Gasteiger partial charge in [0.25, 0.3) is 0 Å². The number of imidazole rings is 1. The molecule has 7 nitrogen and oxygen atoms in total. The number of halogens is 2. The van der Waals surface area contributed by atoms with Gasteiger partial charge in [-0.25, -0.2) is 9.97 Å². The van der Waals surface area contributed by atoms with Gasteiger partial charge in [0.2, 0.25) is 0 Å². The van der Waals surface area contributed by atoms with E-state index in [-0.39, 0.29) is 11.6 Å². The topological polar surface area (TPSA) is 72.4 Å². The highest BCUT2D eigenvalue weighted by atomic mass is 19.3. The van der Waals surface area contributed by atoms with E-state index >= 15 is 0 Å². The van der Waals surface area contributed by atoms with Gasteiger partial charge in [-0.2, -0.15) is 8.78 Å². The molecule has 0 atom stereocenters. The smallest absolute Gasteiger partial charge is 0.387 e. The van der Waals surface area contributed by atoms with Crippen LogP contribution in [0.1, 0.15) is 69.5 Å². The van der Waals surface area contributed by atoms with Crippen molar-refractivity contribution in [3.05, 3.63) is 24.3 Å². The number of likely N-dealkylation sites (N-methyl/N-ethyl adjacent to an activating group) is 1. The quantitative estimate of drug-likeness (QED) is 0.450. The number of anilines is 1. The summed E-state index contributed by atoms with van der Waals surface area (Å²) in [5.41, 5.74) is 8.30. The van der Waals surface area contributed by atoms with Gasteiger partial charge < -0.3 is 19.9 Å². The molecule has 4 aliphatic carbocycles. The molecule has 196 valence electrons. The Bertz CT molecular complexity index is 1070. The van der Waals surface area contributed by atoms with Crippen molar-refractivity contribution in [1.29, 1.82) is 0 Å². The fourth-order valence-corrected chi connectivity index (χ4v) is 6.98. The van der Waals surface area contributed by atoms with Gasteiger partial charge in [0.15, 0.2) is 11.6 Å². The number of hydrogen-bond donors (Lipinski definition) is 1. The molecule has 0 amide bonds. The molecule has 1 saturated heterocycles. The van der Waals surface area contributed by atoms with Crippen LogP contribution in [-0.2, 0) is 6.54 Å². The third-order valence-corrected chi connectivity index (χ3v) is 9.04. The summed E-state index contributed by atoms with van der Waals surface area (Å²) < 4.78 is 32.2. The van der Waals surface area contributed by atoms with Crippen LogP contribution in [0, 0.1) is 5.41 Å². The van der Waals surface area contributed by atoms with E-state index in [9.17, 15) is 8.78 Å². The van der Waals surface area contributed by atoms with Gasteiger partial charge in [0, 0.05) is 62.1 Å². The van der Waals surface area contributed by atoms with Crippen LogP contribution >= 0.6 is 0 Å². The summed E-state index contributed by atoms with van der Waals surface area (Å²) in [4.78, 5) is 14.1. The number of aromatic nitrogens is 3. The Labute approximate surface area is 212 Å². The van der Waals surface area contributed by atoms with Crippen LogP contribution < -0.4 is 10.5 Å². The molecule has 0 radical (unpaired) electrons. The highest BCUT2D eigenvalue weighted by molar-refractivity contribution is 5.63. The molecule has 3 heterocycles. The Balaban J connectivity index is 0.998. The van der Waals surface area contributed by atoms with Crippen LogP contribution in [-0.4, -0.2) is 69.7 Å². The van der Waals surface area contributed by atoms with Crippen molar-refractivity contribution in [2.45, 2.75) is 82.4 Å². The zero-order chi connectivity index (χ0) is 24.9. The van der Waals surface area contributed by atoms with E-state index in [2.05, 4.69) is 31.1 Å². The minimum Gasteiger partial charge on any atom is -0.431 e. The number of aryl methyl sites for hydroxylation is 1. The molecule has 9 heteroatoms. The normalized spacial score (nSPS) is 28.2. The second-order valence-electron chi connectivity index (χ2n) is 11.8. The number of ether oxygens (including phenoxy) is 1. The predicted octanol–water partition coefficient (Wildman–Crippen LogP) is 4.74. The fraction of sp³-hybridized carbons (Fsp3) is 0.704.